The summed E-state index contributed by atoms with van der Waals surface area (Å²) in [5.74, 6) is 1.81. The summed E-state index contributed by atoms with van der Waals surface area (Å²) in [5, 5.41) is 0. The normalized spacial score (nSPS) is 11.0. The number of fused-ring (bicyclic) bond motifs is 1. The molecule has 0 amide bonds. The molecule has 0 aliphatic rings. The third-order valence-corrected chi connectivity index (χ3v) is 3.28. The van der Waals surface area contributed by atoms with Crippen molar-refractivity contribution in [1.82, 2.24) is 4.98 Å². The summed E-state index contributed by atoms with van der Waals surface area (Å²) in [6.07, 6.45) is 0. The van der Waals surface area contributed by atoms with Crippen molar-refractivity contribution in [2.75, 3.05) is 5.73 Å². The fourth-order valence-electron chi connectivity index (χ4n) is 2.28. The van der Waals surface area contributed by atoms with Crippen molar-refractivity contribution in [3.63, 3.8) is 0 Å². The molecule has 0 aliphatic carbocycles. The maximum absolute atomic E-state index is 5.83. The van der Waals surface area contributed by atoms with Gasteiger partial charge in [-0.05, 0) is 36.4 Å². The second kappa shape index (κ2) is 4.52. The molecule has 0 fully saturated rings. The molecular weight excluding hydrogens is 264 g/mol. The van der Waals surface area contributed by atoms with Crippen LogP contribution < -0.4 is 5.73 Å². The fourth-order valence-corrected chi connectivity index (χ4v) is 2.28. The van der Waals surface area contributed by atoms with Gasteiger partial charge in [0.15, 0.2) is 11.3 Å². The van der Waals surface area contributed by atoms with E-state index in [2.05, 4.69) is 4.98 Å². The van der Waals surface area contributed by atoms with E-state index in [4.69, 9.17) is 14.6 Å². The van der Waals surface area contributed by atoms with Gasteiger partial charge in [-0.15, -0.1) is 0 Å². The molecule has 102 valence electrons. The van der Waals surface area contributed by atoms with Gasteiger partial charge in [-0.1, -0.05) is 24.3 Å². The Balaban J connectivity index is 1.77. The third-order valence-electron chi connectivity index (χ3n) is 3.28. The molecule has 0 radical (unpaired) electrons. The van der Waals surface area contributed by atoms with E-state index in [0.717, 1.165) is 22.4 Å². The quantitative estimate of drug-likeness (QED) is 0.553. The zero-order valence-corrected chi connectivity index (χ0v) is 11.1. The van der Waals surface area contributed by atoms with E-state index in [1.165, 1.54) is 0 Å². The molecule has 2 heterocycles. The van der Waals surface area contributed by atoms with Crippen LogP contribution in [0.1, 0.15) is 0 Å². The molecule has 0 bridgehead atoms. The summed E-state index contributed by atoms with van der Waals surface area (Å²) in [7, 11) is 0. The highest BCUT2D eigenvalue weighted by Gasteiger charge is 2.13. The lowest BCUT2D eigenvalue weighted by atomic mass is 10.1. The van der Waals surface area contributed by atoms with Crippen LogP contribution in [0.5, 0.6) is 0 Å². The van der Waals surface area contributed by atoms with Crippen LogP contribution in [0.2, 0.25) is 0 Å². The van der Waals surface area contributed by atoms with Gasteiger partial charge in [0.25, 0.3) is 5.89 Å². The molecule has 0 saturated heterocycles. The van der Waals surface area contributed by atoms with Crippen molar-refractivity contribution in [3.05, 3.63) is 60.7 Å². The van der Waals surface area contributed by atoms with E-state index in [0.29, 0.717) is 17.3 Å². The standard InChI is InChI=1S/C17H12N2O2/c18-12-5-3-4-11(10-12)14-8-9-16(20-14)17-19-13-6-1-2-7-15(13)21-17/h1-10H,18H2. The number of nitrogens with two attached hydrogens (primary N) is 1. The van der Waals surface area contributed by atoms with Crippen LogP contribution in [0.25, 0.3) is 34.1 Å². The summed E-state index contributed by atoms with van der Waals surface area (Å²) < 4.78 is 11.5. The van der Waals surface area contributed by atoms with Crippen molar-refractivity contribution >= 4 is 16.8 Å². The van der Waals surface area contributed by atoms with Gasteiger partial charge in [0.1, 0.15) is 11.3 Å². The van der Waals surface area contributed by atoms with Gasteiger partial charge in [0.05, 0.1) is 0 Å². The van der Waals surface area contributed by atoms with E-state index >= 15 is 0 Å². The number of para-hydroxylation sites is 2. The number of oxazole rings is 1. The van der Waals surface area contributed by atoms with Gasteiger partial charge in [-0.25, -0.2) is 4.98 Å². The van der Waals surface area contributed by atoms with E-state index in [-0.39, 0.29) is 0 Å². The summed E-state index contributed by atoms with van der Waals surface area (Å²) >= 11 is 0. The highest BCUT2D eigenvalue weighted by molar-refractivity contribution is 5.75. The van der Waals surface area contributed by atoms with Crippen LogP contribution in [0.15, 0.2) is 69.5 Å². The second-order valence-electron chi connectivity index (χ2n) is 4.78. The Morgan fingerprint density at radius 1 is 0.810 bits per heavy atom. The number of aromatic nitrogens is 1. The Morgan fingerprint density at radius 3 is 2.52 bits per heavy atom. The van der Waals surface area contributed by atoms with Crippen molar-refractivity contribution in [1.29, 1.82) is 0 Å². The largest absolute Gasteiger partial charge is 0.451 e. The molecule has 4 nitrogen and oxygen atoms in total. The lowest BCUT2D eigenvalue weighted by molar-refractivity contribution is 0.543. The molecule has 4 aromatic rings. The first kappa shape index (κ1) is 11.8. The Hall–Kier alpha value is -3.01. The minimum absolute atomic E-state index is 0.478. The second-order valence-corrected chi connectivity index (χ2v) is 4.78. The Bertz CT molecular complexity index is 888. The maximum atomic E-state index is 5.83. The van der Waals surface area contributed by atoms with Gasteiger partial charge in [0.2, 0.25) is 0 Å². The third kappa shape index (κ3) is 2.07. The van der Waals surface area contributed by atoms with E-state index in [9.17, 15) is 0 Å². The van der Waals surface area contributed by atoms with Gasteiger partial charge >= 0.3 is 0 Å². The molecule has 0 atom stereocenters. The molecule has 0 spiro atoms. The molecule has 21 heavy (non-hydrogen) atoms. The first-order valence-corrected chi connectivity index (χ1v) is 6.61. The molecule has 2 aromatic carbocycles. The highest BCUT2D eigenvalue weighted by atomic mass is 16.4. The van der Waals surface area contributed by atoms with Crippen LogP contribution in [0, 0.1) is 0 Å². The number of rotatable bonds is 2. The Labute approximate surface area is 120 Å². The van der Waals surface area contributed by atoms with E-state index < -0.39 is 0 Å². The number of nitrogens with zero attached hydrogens (tertiary/aromatic N) is 1. The number of furan rings is 1. The predicted molar refractivity (Wildman–Crippen MR) is 81.6 cm³/mol. The smallest absolute Gasteiger partial charge is 0.263 e. The number of hydrogen-bond donors (Lipinski definition) is 1. The molecule has 2 N–H and O–H groups in total. The lowest BCUT2D eigenvalue weighted by Crippen LogP contribution is -1.83. The molecule has 4 rings (SSSR count). The minimum Gasteiger partial charge on any atom is -0.451 e. The van der Waals surface area contributed by atoms with Gasteiger partial charge in [0, 0.05) is 11.3 Å². The zero-order valence-electron chi connectivity index (χ0n) is 11.1. The fraction of sp³-hybridized carbons (Fsp3) is 0. The van der Waals surface area contributed by atoms with Crippen molar-refractivity contribution in [3.8, 4) is 23.0 Å². The van der Waals surface area contributed by atoms with Crippen molar-refractivity contribution in [2.24, 2.45) is 0 Å². The van der Waals surface area contributed by atoms with Crippen LogP contribution in [-0.2, 0) is 0 Å². The Morgan fingerprint density at radius 2 is 1.67 bits per heavy atom. The molecule has 2 aromatic heterocycles. The van der Waals surface area contributed by atoms with Crippen LogP contribution in [-0.4, -0.2) is 4.98 Å². The van der Waals surface area contributed by atoms with E-state index in [1.807, 2.05) is 60.7 Å². The summed E-state index contributed by atoms with van der Waals surface area (Å²) in [4.78, 5) is 4.42. The molecule has 0 aliphatic heterocycles. The SMILES string of the molecule is Nc1cccc(-c2ccc(-c3nc4ccccc4o3)o2)c1. The predicted octanol–water partition coefficient (Wildman–Crippen LogP) is 4.34. The zero-order chi connectivity index (χ0) is 14.2. The van der Waals surface area contributed by atoms with Gasteiger partial charge in [-0.2, -0.15) is 0 Å². The van der Waals surface area contributed by atoms with Crippen LogP contribution >= 0.6 is 0 Å². The van der Waals surface area contributed by atoms with E-state index in [1.54, 1.807) is 0 Å². The van der Waals surface area contributed by atoms with Crippen molar-refractivity contribution in [2.45, 2.75) is 0 Å². The minimum atomic E-state index is 0.478. The molecule has 4 heteroatoms. The molecular formula is C17H12N2O2. The lowest BCUT2D eigenvalue weighted by Gasteiger charge is -1.98. The first-order chi connectivity index (χ1) is 10.3. The number of anilines is 1. The van der Waals surface area contributed by atoms with Crippen molar-refractivity contribution < 1.29 is 8.83 Å². The first-order valence-electron chi connectivity index (χ1n) is 6.61. The van der Waals surface area contributed by atoms with Crippen LogP contribution in [0.4, 0.5) is 5.69 Å². The molecule has 0 saturated carbocycles. The summed E-state index contributed by atoms with van der Waals surface area (Å²) in [5.41, 5.74) is 8.98. The summed E-state index contributed by atoms with van der Waals surface area (Å²) in [6.45, 7) is 0. The Kier molecular flexibility index (Phi) is 2.54. The van der Waals surface area contributed by atoms with Gasteiger partial charge in [-0.3, -0.25) is 0 Å². The monoisotopic (exact) mass is 276 g/mol. The average molecular weight is 276 g/mol. The topological polar surface area (TPSA) is 65.2 Å². The number of benzene rings is 2. The summed E-state index contributed by atoms with van der Waals surface area (Å²) in [6, 6.07) is 18.9. The van der Waals surface area contributed by atoms with Gasteiger partial charge < -0.3 is 14.6 Å². The maximum Gasteiger partial charge on any atom is 0.263 e. The van der Waals surface area contributed by atoms with Crippen LogP contribution in [0.3, 0.4) is 0 Å². The molecule has 0 unspecified atom stereocenters. The highest BCUT2D eigenvalue weighted by Crippen LogP contribution is 2.30. The average Bonchev–Trinajstić information content (AvgIpc) is 3.14. The number of hydrogen-bond acceptors (Lipinski definition) is 4. The number of nitrogen functional groups attached to an aromatic ring is 1.